The predicted octanol–water partition coefficient (Wildman–Crippen LogP) is 5.02. The molecule has 0 saturated carbocycles. The summed E-state index contributed by atoms with van der Waals surface area (Å²) in [5, 5.41) is 10.6. The molecule has 2 fully saturated rings. The molecule has 4 amide bonds. The van der Waals surface area contributed by atoms with Crippen molar-refractivity contribution in [2.24, 2.45) is 0 Å². The van der Waals surface area contributed by atoms with Gasteiger partial charge >= 0.3 is 23.6 Å². The lowest BCUT2D eigenvalue weighted by Gasteiger charge is -2.35. The van der Waals surface area contributed by atoms with Crippen molar-refractivity contribution in [2.75, 3.05) is 52.4 Å². The van der Waals surface area contributed by atoms with Gasteiger partial charge in [-0.2, -0.15) is 14.9 Å². The number of rotatable bonds is 0. The third-order valence-corrected chi connectivity index (χ3v) is 6.23. The Morgan fingerprint density at radius 2 is 1.16 bits per heavy atom. The van der Waals surface area contributed by atoms with E-state index in [9.17, 15) is 19.2 Å². The molecule has 0 atom stereocenters. The van der Waals surface area contributed by atoms with E-state index in [2.05, 4.69) is 15.3 Å². The first-order valence-corrected chi connectivity index (χ1v) is 14.6. The number of ether oxygens (including phenoxy) is 2. The van der Waals surface area contributed by atoms with Crippen molar-refractivity contribution in [3.05, 3.63) is 34.8 Å². The van der Waals surface area contributed by atoms with Crippen LogP contribution in [0.5, 0.6) is 0 Å². The van der Waals surface area contributed by atoms with Crippen molar-refractivity contribution in [2.45, 2.75) is 52.7 Å². The van der Waals surface area contributed by atoms with E-state index in [0.717, 1.165) is 0 Å². The molecule has 2 aliphatic rings. The van der Waals surface area contributed by atoms with E-state index >= 15 is 0 Å². The maximum absolute atomic E-state index is 12.2. The maximum atomic E-state index is 12.2. The Labute approximate surface area is 266 Å². The van der Waals surface area contributed by atoms with Crippen molar-refractivity contribution in [3.63, 3.8) is 0 Å². The summed E-state index contributed by atoms with van der Waals surface area (Å²) in [7, 11) is 0. The Morgan fingerprint density at radius 3 is 1.47 bits per heavy atom. The van der Waals surface area contributed by atoms with Crippen LogP contribution in [0.25, 0.3) is 0 Å². The number of hydrogen-bond donors (Lipinski definition) is 1. The zero-order valence-electron chi connectivity index (χ0n) is 25.2. The van der Waals surface area contributed by atoms with E-state index in [1.807, 2.05) is 41.5 Å². The number of nitrogens with one attached hydrogen (secondary N) is 1. The molecule has 240 valence electrons. The van der Waals surface area contributed by atoms with Gasteiger partial charge in [0.1, 0.15) is 11.2 Å². The minimum Gasteiger partial charge on any atom is -0.444 e. The maximum Gasteiger partial charge on any atom is 0.410 e. The second-order valence-corrected chi connectivity index (χ2v) is 12.7. The number of aromatic amines is 1. The Balaban J connectivity index is 0.000000257. The van der Waals surface area contributed by atoms with Gasteiger partial charge in [-0.15, -0.1) is 0 Å². The molecule has 0 bridgehead atoms. The van der Waals surface area contributed by atoms with Gasteiger partial charge in [-0.3, -0.25) is 9.89 Å². The topological polar surface area (TPSA) is 146 Å². The van der Waals surface area contributed by atoms with Crippen molar-refractivity contribution < 1.29 is 28.7 Å². The molecule has 2 saturated heterocycles. The third-order valence-electron chi connectivity index (χ3n) is 5.59. The largest absolute Gasteiger partial charge is 0.444 e. The summed E-state index contributed by atoms with van der Waals surface area (Å²) in [5.74, 6) is 0. The van der Waals surface area contributed by atoms with E-state index in [4.69, 9.17) is 44.3 Å². The molecule has 2 aromatic rings. The van der Waals surface area contributed by atoms with Crippen LogP contribution in [0.1, 0.15) is 41.5 Å². The summed E-state index contributed by atoms with van der Waals surface area (Å²) in [6.07, 6.45) is 5.34. The minimum atomic E-state index is -0.518. The number of carbonyl (C=O) groups is 4. The van der Waals surface area contributed by atoms with Gasteiger partial charge in [0.15, 0.2) is 0 Å². The molecule has 4 rings (SSSR count). The van der Waals surface area contributed by atoms with Crippen molar-refractivity contribution in [1.82, 2.24) is 39.6 Å². The predicted molar refractivity (Wildman–Crippen MR) is 162 cm³/mol. The fraction of sp³-hybridized carbons (Fsp3) is 0.615. The normalized spacial score (nSPS) is 15.5. The molecule has 2 aliphatic heterocycles. The van der Waals surface area contributed by atoms with Crippen molar-refractivity contribution in [3.8, 4) is 0 Å². The summed E-state index contributed by atoms with van der Waals surface area (Å²) in [6, 6.07) is -0.245. The molecule has 14 nitrogen and oxygen atoms in total. The Bertz CT molecular complexity index is 1200. The number of halogens is 3. The number of amides is 4. The molecular weight excluding hydrogens is 627 g/mol. The van der Waals surface area contributed by atoms with Gasteiger partial charge in [-0.25, -0.2) is 14.4 Å². The van der Waals surface area contributed by atoms with Crippen LogP contribution in [0, 0.1) is 0 Å². The smallest absolute Gasteiger partial charge is 0.410 e. The van der Waals surface area contributed by atoms with Crippen molar-refractivity contribution in [1.29, 1.82) is 0 Å². The van der Waals surface area contributed by atoms with Gasteiger partial charge in [0.2, 0.25) is 0 Å². The highest BCUT2D eigenvalue weighted by Gasteiger charge is 2.29. The zero-order chi connectivity index (χ0) is 32.4. The van der Waals surface area contributed by atoms with Gasteiger partial charge < -0.3 is 29.1 Å². The lowest BCUT2D eigenvalue weighted by Crippen LogP contribution is -2.52. The number of nitrogens with zero attached hydrogens (tertiary/aromatic N) is 7. The lowest BCUT2D eigenvalue weighted by molar-refractivity contribution is 0.0164. The first-order valence-electron chi connectivity index (χ1n) is 13.5. The Morgan fingerprint density at radius 1 is 0.721 bits per heavy atom. The van der Waals surface area contributed by atoms with Crippen LogP contribution in [0.2, 0.25) is 10.0 Å². The second kappa shape index (κ2) is 16.0. The molecule has 0 radical (unpaired) electrons. The quantitative estimate of drug-likeness (QED) is 0.305. The molecule has 2 aromatic heterocycles. The van der Waals surface area contributed by atoms with E-state index in [1.165, 1.54) is 22.0 Å². The molecule has 0 spiro atoms. The van der Waals surface area contributed by atoms with Crippen LogP contribution in [0.15, 0.2) is 24.8 Å². The SMILES string of the molecule is CC(C)(C)OC(=O)N1CCN(C(=O)Cl)CC1.CC(C)(C)OC(=O)N1CCN(C(=O)n2cc(Cl)cn2)CC1.Clc1cn[nH]c1. The first kappa shape index (κ1) is 36.0. The van der Waals surface area contributed by atoms with E-state index < -0.39 is 16.6 Å². The van der Waals surface area contributed by atoms with Crippen LogP contribution in [0.4, 0.5) is 19.2 Å². The lowest BCUT2D eigenvalue weighted by atomic mass is 10.2. The van der Waals surface area contributed by atoms with Crippen LogP contribution < -0.4 is 0 Å². The van der Waals surface area contributed by atoms with E-state index in [1.54, 1.807) is 27.1 Å². The van der Waals surface area contributed by atoms with Gasteiger partial charge in [-0.05, 0) is 53.1 Å². The van der Waals surface area contributed by atoms with Crippen LogP contribution >= 0.6 is 34.8 Å². The Hall–Kier alpha value is -3.23. The summed E-state index contributed by atoms with van der Waals surface area (Å²) < 4.78 is 11.7. The molecule has 4 heterocycles. The minimum absolute atomic E-state index is 0.245. The van der Waals surface area contributed by atoms with Crippen LogP contribution in [-0.2, 0) is 9.47 Å². The summed E-state index contributed by atoms with van der Waals surface area (Å²) in [4.78, 5) is 52.9. The Kier molecular flexibility index (Phi) is 13.4. The van der Waals surface area contributed by atoms with Gasteiger partial charge in [0.05, 0.1) is 28.6 Å². The highest BCUT2D eigenvalue weighted by atomic mass is 35.5. The molecule has 17 heteroatoms. The standard InChI is InChI=1S/C13H19ClN4O3.C10H17ClN2O3.C3H3ClN2/c1-13(2,3)21-12(20)17-6-4-16(5-7-17)11(19)18-9-10(14)8-15-18;1-10(2,3)16-9(15)13-6-4-12(5-7-13)8(11)14;4-3-1-5-6-2-3/h8-9H,4-7H2,1-3H3;4-7H2,1-3H3;1-2H,(H,5,6). The number of carbonyl (C=O) groups excluding carboxylic acids is 4. The van der Waals surface area contributed by atoms with Gasteiger partial charge in [0, 0.05) is 58.6 Å². The van der Waals surface area contributed by atoms with Crippen LogP contribution in [-0.4, -0.2) is 127 Å². The number of aromatic nitrogens is 4. The molecule has 43 heavy (non-hydrogen) atoms. The number of hydrogen-bond acceptors (Lipinski definition) is 8. The van der Waals surface area contributed by atoms with E-state index in [0.29, 0.717) is 62.4 Å². The van der Waals surface area contributed by atoms with Crippen LogP contribution in [0.3, 0.4) is 0 Å². The summed E-state index contributed by atoms with van der Waals surface area (Å²) >= 11 is 16.5. The summed E-state index contributed by atoms with van der Waals surface area (Å²) in [6.45, 7) is 14.6. The van der Waals surface area contributed by atoms with Crippen molar-refractivity contribution >= 4 is 58.4 Å². The fourth-order valence-electron chi connectivity index (χ4n) is 3.58. The number of piperazine rings is 2. The molecular formula is C26H39Cl3N8O6. The van der Waals surface area contributed by atoms with Gasteiger partial charge in [-0.1, -0.05) is 23.2 Å². The average Bonchev–Trinajstić information content (AvgIpc) is 3.58. The summed E-state index contributed by atoms with van der Waals surface area (Å²) in [5.41, 5.74) is -1.01. The van der Waals surface area contributed by atoms with E-state index in [-0.39, 0.29) is 18.2 Å². The zero-order valence-corrected chi connectivity index (χ0v) is 27.4. The highest BCUT2D eigenvalue weighted by molar-refractivity contribution is 6.62. The monoisotopic (exact) mass is 664 g/mol. The fourth-order valence-corrected chi connectivity index (χ4v) is 3.99. The number of H-pyrrole nitrogens is 1. The molecule has 0 unspecified atom stereocenters. The molecule has 0 aromatic carbocycles. The average molecular weight is 666 g/mol. The van der Waals surface area contributed by atoms with Gasteiger partial charge in [0.25, 0.3) is 0 Å². The first-order chi connectivity index (χ1) is 19.9. The molecule has 0 aliphatic carbocycles. The second-order valence-electron chi connectivity index (χ2n) is 11.5. The third kappa shape index (κ3) is 13.3. The molecule has 1 N–H and O–H groups in total. The highest BCUT2D eigenvalue weighted by Crippen LogP contribution is 2.14.